The molecule has 0 radical (unpaired) electrons. The summed E-state index contributed by atoms with van der Waals surface area (Å²) in [6, 6.07) is 6.94. The molecule has 3 nitrogen and oxygen atoms in total. The molecule has 0 aromatic heterocycles. The van der Waals surface area contributed by atoms with Gasteiger partial charge in [0.25, 0.3) is 0 Å². The zero-order valence-electron chi connectivity index (χ0n) is 11.6. The first-order valence-electron chi connectivity index (χ1n) is 6.99. The van der Waals surface area contributed by atoms with Gasteiger partial charge in [0, 0.05) is 18.2 Å². The molecule has 1 aliphatic heterocycles. The summed E-state index contributed by atoms with van der Waals surface area (Å²) in [7, 11) is 0. The monoisotopic (exact) mass is 285 g/mol. The van der Waals surface area contributed by atoms with Crippen LogP contribution in [-0.2, 0) is 6.54 Å². The van der Waals surface area contributed by atoms with Crippen molar-refractivity contribution in [2.75, 3.05) is 13.2 Å². The van der Waals surface area contributed by atoms with Gasteiger partial charge in [-0.15, -0.1) is 0 Å². The van der Waals surface area contributed by atoms with Crippen LogP contribution in [0.1, 0.15) is 25.3 Å². The number of likely N-dealkylation sites (tertiary alicyclic amines) is 1. The molecule has 1 heterocycles. The van der Waals surface area contributed by atoms with Crippen LogP contribution in [0, 0.1) is 5.92 Å². The molecule has 5 heteroatoms. The second kappa shape index (κ2) is 6.99. The zero-order valence-corrected chi connectivity index (χ0v) is 11.6. The third kappa shape index (κ3) is 3.67. The Morgan fingerprint density at radius 2 is 2.15 bits per heavy atom. The second-order valence-electron chi connectivity index (χ2n) is 5.33. The van der Waals surface area contributed by atoms with Gasteiger partial charge in [0.05, 0.1) is 6.61 Å². The Labute approximate surface area is 118 Å². The van der Waals surface area contributed by atoms with Gasteiger partial charge in [-0.3, -0.25) is 4.90 Å². The molecule has 2 unspecified atom stereocenters. The number of hydrogen-bond donors (Lipinski definition) is 1. The fourth-order valence-electron chi connectivity index (χ4n) is 2.89. The van der Waals surface area contributed by atoms with E-state index in [0.29, 0.717) is 12.5 Å². The van der Waals surface area contributed by atoms with Crippen LogP contribution < -0.4 is 4.74 Å². The van der Waals surface area contributed by atoms with Crippen LogP contribution in [0.25, 0.3) is 0 Å². The van der Waals surface area contributed by atoms with E-state index in [0.717, 1.165) is 24.9 Å². The van der Waals surface area contributed by atoms with Crippen LogP contribution >= 0.6 is 0 Å². The van der Waals surface area contributed by atoms with Gasteiger partial charge < -0.3 is 9.84 Å². The minimum absolute atomic E-state index is 0.0864. The molecule has 1 aromatic carbocycles. The maximum absolute atomic E-state index is 12.4. The molecule has 0 saturated carbocycles. The Bertz CT molecular complexity index is 428. The van der Waals surface area contributed by atoms with E-state index in [1.165, 1.54) is 0 Å². The number of alkyl halides is 2. The smallest absolute Gasteiger partial charge is 0.387 e. The summed E-state index contributed by atoms with van der Waals surface area (Å²) >= 11 is 0. The van der Waals surface area contributed by atoms with E-state index >= 15 is 0 Å². The summed E-state index contributed by atoms with van der Waals surface area (Å²) in [5, 5.41) is 9.53. The molecular weight excluding hydrogens is 264 g/mol. The summed E-state index contributed by atoms with van der Waals surface area (Å²) in [6.45, 7) is 0.801. The predicted molar refractivity (Wildman–Crippen MR) is 72.8 cm³/mol. The summed E-state index contributed by atoms with van der Waals surface area (Å²) in [5.74, 6) is 0.634. The van der Waals surface area contributed by atoms with Gasteiger partial charge in [0.2, 0.25) is 0 Å². The van der Waals surface area contributed by atoms with Gasteiger partial charge in [-0.05, 0) is 31.4 Å². The fourth-order valence-corrected chi connectivity index (χ4v) is 2.89. The lowest BCUT2D eigenvalue weighted by atomic mass is 9.91. The minimum atomic E-state index is -2.81. The molecule has 1 aliphatic rings. The normalized spacial score (nSPS) is 24.1. The number of hydrogen-bond acceptors (Lipinski definition) is 3. The Kier molecular flexibility index (Phi) is 5.31. The van der Waals surface area contributed by atoms with Gasteiger partial charge in [-0.25, -0.2) is 0 Å². The molecule has 0 amide bonds. The van der Waals surface area contributed by atoms with E-state index < -0.39 is 6.61 Å². The van der Waals surface area contributed by atoms with Crippen molar-refractivity contribution in [2.24, 2.45) is 5.92 Å². The third-order valence-corrected chi connectivity index (χ3v) is 3.98. The molecule has 20 heavy (non-hydrogen) atoms. The summed E-state index contributed by atoms with van der Waals surface area (Å²) in [4.78, 5) is 2.15. The molecular formula is C15H21F2NO2. The van der Waals surface area contributed by atoms with Crippen molar-refractivity contribution in [3.05, 3.63) is 29.8 Å². The molecule has 2 rings (SSSR count). The van der Waals surface area contributed by atoms with E-state index in [1.54, 1.807) is 18.2 Å². The number of nitrogens with zero attached hydrogens (tertiary/aromatic N) is 1. The standard InChI is InChI=1S/C15H21F2NO2/c1-11-5-4-8-18(13(11)10-19)9-12-6-2-3-7-14(12)20-15(16)17/h2-3,6-7,11,13,15,19H,4-5,8-10H2,1H3. The highest BCUT2D eigenvalue weighted by Crippen LogP contribution is 2.28. The molecule has 0 aliphatic carbocycles. The van der Waals surface area contributed by atoms with Crippen molar-refractivity contribution < 1.29 is 18.6 Å². The second-order valence-corrected chi connectivity index (χ2v) is 5.33. The first-order valence-corrected chi connectivity index (χ1v) is 6.99. The molecule has 0 spiro atoms. The predicted octanol–water partition coefficient (Wildman–Crippen LogP) is 2.88. The molecule has 1 N–H and O–H groups in total. The van der Waals surface area contributed by atoms with Crippen molar-refractivity contribution in [3.8, 4) is 5.75 Å². The Morgan fingerprint density at radius 3 is 2.85 bits per heavy atom. The molecule has 2 atom stereocenters. The van der Waals surface area contributed by atoms with Gasteiger partial charge in [-0.2, -0.15) is 8.78 Å². The van der Waals surface area contributed by atoms with Gasteiger partial charge in [0.1, 0.15) is 5.75 Å². The first-order chi connectivity index (χ1) is 9.61. The van der Waals surface area contributed by atoms with Crippen molar-refractivity contribution in [1.29, 1.82) is 0 Å². The van der Waals surface area contributed by atoms with Crippen LogP contribution in [-0.4, -0.2) is 35.8 Å². The number of piperidine rings is 1. The van der Waals surface area contributed by atoms with E-state index in [4.69, 9.17) is 0 Å². The lowest BCUT2D eigenvalue weighted by Crippen LogP contribution is -2.46. The van der Waals surface area contributed by atoms with Crippen molar-refractivity contribution in [1.82, 2.24) is 4.90 Å². The molecule has 1 saturated heterocycles. The Morgan fingerprint density at radius 1 is 1.40 bits per heavy atom. The lowest BCUT2D eigenvalue weighted by Gasteiger charge is -2.39. The summed E-state index contributed by atoms with van der Waals surface area (Å²) < 4.78 is 29.4. The third-order valence-electron chi connectivity index (χ3n) is 3.98. The molecule has 1 aromatic rings. The minimum Gasteiger partial charge on any atom is -0.434 e. The SMILES string of the molecule is CC1CCCN(Cc2ccccc2OC(F)F)C1CO. The van der Waals surface area contributed by atoms with Crippen molar-refractivity contribution in [2.45, 2.75) is 39.0 Å². The lowest BCUT2D eigenvalue weighted by molar-refractivity contribution is -0.0512. The number of benzene rings is 1. The number of aliphatic hydroxyl groups is 1. The number of aliphatic hydroxyl groups excluding tert-OH is 1. The van der Waals surface area contributed by atoms with Crippen LogP contribution in [0.5, 0.6) is 5.75 Å². The Hall–Kier alpha value is -1.20. The maximum Gasteiger partial charge on any atom is 0.387 e. The van der Waals surface area contributed by atoms with Crippen LogP contribution in [0.3, 0.4) is 0 Å². The number of rotatable bonds is 5. The maximum atomic E-state index is 12.4. The van der Waals surface area contributed by atoms with Crippen LogP contribution in [0.15, 0.2) is 24.3 Å². The van der Waals surface area contributed by atoms with Crippen molar-refractivity contribution >= 4 is 0 Å². The number of halogens is 2. The largest absolute Gasteiger partial charge is 0.434 e. The van der Waals surface area contributed by atoms with Gasteiger partial charge >= 0.3 is 6.61 Å². The quantitative estimate of drug-likeness (QED) is 0.903. The van der Waals surface area contributed by atoms with Crippen LogP contribution in [0.4, 0.5) is 8.78 Å². The summed E-state index contributed by atoms with van der Waals surface area (Å²) in [6.07, 6.45) is 2.16. The number of para-hydroxylation sites is 1. The van der Waals surface area contributed by atoms with Crippen LogP contribution in [0.2, 0.25) is 0 Å². The first kappa shape index (κ1) is 15.2. The molecule has 112 valence electrons. The highest BCUT2D eigenvalue weighted by molar-refractivity contribution is 5.33. The molecule has 0 bridgehead atoms. The highest BCUT2D eigenvalue weighted by Gasteiger charge is 2.28. The average molecular weight is 285 g/mol. The topological polar surface area (TPSA) is 32.7 Å². The van der Waals surface area contributed by atoms with E-state index in [9.17, 15) is 13.9 Å². The van der Waals surface area contributed by atoms with E-state index in [-0.39, 0.29) is 18.4 Å². The van der Waals surface area contributed by atoms with Crippen molar-refractivity contribution in [3.63, 3.8) is 0 Å². The van der Waals surface area contributed by atoms with Gasteiger partial charge in [-0.1, -0.05) is 25.1 Å². The van der Waals surface area contributed by atoms with Gasteiger partial charge in [0.15, 0.2) is 0 Å². The number of ether oxygens (including phenoxy) is 1. The Balaban J connectivity index is 2.12. The van der Waals surface area contributed by atoms with E-state index in [2.05, 4.69) is 16.6 Å². The molecule has 1 fully saturated rings. The average Bonchev–Trinajstić information content (AvgIpc) is 2.41. The zero-order chi connectivity index (χ0) is 14.5. The fraction of sp³-hybridized carbons (Fsp3) is 0.600. The highest BCUT2D eigenvalue weighted by atomic mass is 19.3. The summed E-state index contributed by atoms with van der Waals surface area (Å²) in [5.41, 5.74) is 0.736. The van der Waals surface area contributed by atoms with E-state index in [1.807, 2.05) is 6.07 Å².